The van der Waals surface area contributed by atoms with Crippen molar-refractivity contribution in [3.63, 3.8) is 0 Å². The van der Waals surface area contributed by atoms with E-state index < -0.39 is 5.97 Å². The minimum absolute atomic E-state index is 0.0222. The van der Waals surface area contributed by atoms with Crippen molar-refractivity contribution in [2.75, 3.05) is 33.3 Å². The van der Waals surface area contributed by atoms with E-state index in [0.717, 1.165) is 12.8 Å². The van der Waals surface area contributed by atoms with E-state index in [1.165, 1.54) is 12.0 Å². The van der Waals surface area contributed by atoms with Crippen molar-refractivity contribution in [3.05, 3.63) is 0 Å². The number of nitrogens with zero attached hydrogens (tertiary/aromatic N) is 2. The fourth-order valence-electron chi connectivity index (χ4n) is 2.77. The van der Waals surface area contributed by atoms with Gasteiger partial charge in [0.1, 0.15) is 6.54 Å². The van der Waals surface area contributed by atoms with E-state index in [9.17, 15) is 14.4 Å². The van der Waals surface area contributed by atoms with Crippen LogP contribution in [0, 0.1) is 17.8 Å². The molecule has 2 unspecified atom stereocenters. The maximum Gasteiger partial charge on any atom is 0.323 e. The Kier molecular flexibility index (Phi) is 4.69. The van der Waals surface area contributed by atoms with Crippen LogP contribution < -0.4 is 0 Å². The van der Waals surface area contributed by atoms with E-state index in [-0.39, 0.29) is 30.4 Å². The van der Waals surface area contributed by atoms with E-state index in [2.05, 4.69) is 0 Å². The average molecular weight is 298 g/mol. The monoisotopic (exact) mass is 298 g/mol. The maximum atomic E-state index is 12.5. The molecule has 1 aliphatic carbocycles. The number of carbonyl (C=O) groups excluding carboxylic acids is 2. The molecule has 2 amide bonds. The zero-order valence-electron chi connectivity index (χ0n) is 12.4. The number of amides is 2. The van der Waals surface area contributed by atoms with E-state index in [1.807, 2.05) is 6.92 Å². The van der Waals surface area contributed by atoms with Crippen molar-refractivity contribution in [1.29, 1.82) is 0 Å². The smallest absolute Gasteiger partial charge is 0.323 e. The SMILES string of the molecule is COC(=O)C1CN(C(=O)N(CC(=O)O)CC2CC2)CC1C. The Hall–Kier alpha value is -1.79. The Bertz CT molecular complexity index is 435. The van der Waals surface area contributed by atoms with Gasteiger partial charge in [0.25, 0.3) is 0 Å². The van der Waals surface area contributed by atoms with Gasteiger partial charge in [0.2, 0.25) is 0 Å². The normalized spacial score (nSPS) is 24.8. The number of carboxylic acids is 1. The molecule has 2 fully saturated rings. The lowest BCUT2D eigenvalue weighted by molar-refractivity contribution is -0.146. The lowest BCUT2D eigenvalue weighted by Crippen LogP contribution is -2.45. The molecule has 0 bridgehead atoms. The molecule has 1 aliphatic heterocycles. The summed E-state index contributed by atoms with van der Waals surface area (Å²) >= 11 is 0. The Morgan fingerprint density at radius 1 is 1.29 bits per heavy atom. The van der Waals surface area contributed by atoms with Crippen LogP contribution in [0.4, 0.5) is 4.79 Å². The zero-order valence-corrected chi connectivity index (χ0v) is 12.4. The van der Waals surface area contributed by atoms with Crippen molar-refractivity contribution in [3.8, 4) is 0 Å². The number of urea groups is 1. The van der Waals surface area contributed by atoms with Crippen LogP contribution in [0.2, 0.25) is 0 Å². The number of aliphatic carboxylic acids is 1. The van der Waals surface area contributed by atoms with Gasteiger partial charge >= 0.3 is 18.0 Å². The van der Waals surface area contributed by atoms with Gasteiger partial charge in [-0.3, -0.25) is 9.59 Å². The second-order valence-corrected chi connectivity index (χ2v) is 6.01. The van der Waals surface area contributed by atoms with Crippen LogP contribution in [-0.4, -0.2) is 66.2 Å². The first kappa shape index (κ1) is 15.6. The number of methoxy groups -OCH3 is 1. The molecular formula is C14H22N2O5. The van der Waals surface area contributed by atoms with Crippen LogP contribution in [0.5, 0.6) is 0 Å². The molecule has 2 rings (SSSR count). The molecule has 21 heavy (non-hydrogen) atoms. The minimum atomic E-state index is -1.01. The third-order valence-corrected chi connectivity index (χ3v) is 4.16. The van der Waals surface area contributed by atoms with Gasteiger partial charge in [-0.1, -0.05) is 6.92 Å². The van der Waals surface area contributed by atoms with Crippen LogP contribution in [0.3, 0.4) is 0 Å². The highest BCUT2D eigenvalue weighted by atomic mass is 16.5. The summed E-state index contributed by atoms with van der Waals surface area (Å²) in [6, 6.07) is -0.289. The predicted octanol–water partition coefficient (Wildman–Crippen LogP) is 0.644. The highest BCUT2D eigenvalue weighted by Gasteiger charge is 2.40. The molecule has 0 aromatic rings. The summed E-state index contributed by atoms with van der Waals surface area (Å²) in [4.78, 5) is 38.0. The van der Waals surface area contributed by atoms with Crippen molar-refractivity contribution in [2.24, 2.45) is 17.8 Å². The minimum Gasteiger partial charge on any atom is -0.480 e. The van der Waals surface area contributed by atoms with Crippen LogP contribution in [0.1, 0.15) is 19.8 Å². The molecule has 0 aromatic carbocycles. The summed E-state index contributed by atoms with van der Waals surface area (Å²) in [5, 5.41) is 8.95. The number of esters is 1. The summed E-state index contributed by atoms with van der Waals surface area (Å²) < 4.78 is 4.75. The highest BCUT2D eigenvalue weighted by molar-refractivity contribution is 5.82. The Balaban J connectivity index is 1.99. The quantitative estimate of drug-likeness (QED) is 0.753. The number of hydrogen-bond acceptors (Lipinski definition) is 4. The molecule has 1 heterocycles. The first-order valence-electron chi connectivity index (χ1n) is 7.25. The zero-order chi connectivity index (χ0) is 15.6. The summed E-state index contributed by atoms with van der Waals surface area (Å²) in [5.41, 5.74) is 0. The molecule has 7 nitrogen and oxygen atoms in total. The van der Waals surface area contributed by atoms with Gasteiger partial charge in [0.15, 0.2) is 0 Å². The predicted molar refractivity (Wildman–Crippen MR) is 73.6 cm³/mol. The van der Waals surface area contributed by atoms with Gasteiger partial charge < -0.3 is 19.6 Å². The topological polar surface area (TPSA) is 87.2 Å². The van der Waals surface area contributed by atoms with E-state index in [0.29, 0.717) is 25.6 Å². The fourth-order valence-corrected chi connectivity index (χ4v) is 2.77. The summed E-state index contributed by atoms with van der Waals surface area (Å²) in [7, 11) is 1.34. The molecule has 1 saturated heterocycles. The summed E-state index contributed by atoms with van der Waals surface area (Å²) in [6.07, 6.45) is 2.09. The third-order valence-electron chi connectivity index (χ3n) is 4.16. The van der Waals surface area contributed by atoms with E-state index >= 15 is 0 Å². The van der Waals surface area contributed by atoms with E-state index in [1.54, 1.807) is 4.90 Å². The maximum absolute atomic E-state index is 12.5. The molecule has 118 valence electrons. The number of carboxylic acid groups (broad SMARTS) is 1. The summed E-state index contributed by atoms with van der Waals surface area (Å²) in [6.45, 7) is 2.85. The van der Waals surface area contributed by atoms with Crippen molar-refractivity contribution in [1.82, 2.24) is 9.80 Å². The molecule has 2 atom stereocenters. The standard InChI is InChI=1S/C14H22N2O5/c1-9-5-15(7-11(9)13(19)21-2)14(20)16(8-12(17)18)6-10-3-4-10/h9-11H,3-8H2,1-2H3,(H,17,18). The molecule has 1 saturated carbocycles. The average Bonchev–Trinajstić information content (AvgIpc) is 3.16. The Morgan fingerprint density at radius 2 is 1.95 bits per heavy atom. The number of carbonyl (C=O) groups is 3. The van der Waals surface area contributed by atoms with Crippen LogP contribution in [0.15, 0.2) is 0 Å². The number of hydrogen-bond donors (Lipinski definition) is 1. The first-order chi connectivity index (χ1) is 9.92. The fraction of sp³-hybridized carbons (Fsp3) is 0.786. The second kappa shape index (κ2) is 6.32. The van der Waals surface area contributed by atoms with Gasteiger partial charge in [0, 0.05) is 19.6 Å². The number of ether oxygens (including phenoxy) is 1. The lowest BCUT2D eigenvalue weighted by Gasteiger charge is -2.26. The lowest BCUT2D eigenvalue weighted by atomic mass is 9.99. The molecule has 7 heteroatoms. The Morgan fingerprint density at radius 3 is 2.48 bits per heavy atom. The van der Waals surface area contributed by atoms with Crippen LogP contribution in [0.25, 0.3) is 0 Å². The van der Waals surface area contributed by atoms with Crippen LogP contribution >= 0.6 is 0 Å². The van der Waals surface area contributed by atoms with Gasteiger partial charge in [0.05, 0.1) is 13.0 Å². The molecule has 1 N–H and O–H groups in total. The summed E-state index contributed by atoms with van der Waals surface area (Å²) in [5.74, 6) is -1.21. The number of likely N-dealkylation sites (tertiary alicyclic amines) is 1. The van der Waals surface area contributed by atoms with E-state index in [4.69, 9.17) is 9.84 Å². The molecular weight excluding hydrogens is 276 g/mol. The molecule has 2 aliphatic rings. The van der Waals surface area contributed by atoms with Gasteiger partial charge in [-0.15, -0.1) is 0 Å². The number of rotatable bonds is 5. The van der Waals surface area contributed by atoms with Crippen molar-refractivity contribution in [2.45, 2.75) is 19.8 Å². The Labute approximate surface area is 123 Å². The molecule has 0 aromatic heterocycles. The van der Waals surface area contributed by atoms with Crippen LogP contribution in [-0.2, 0) is 14.3 Å². The largest absolute Gasteiger partial charge is 0.480 e. The van der Waals surface area contributed by atoms with Gasteiger partial charge in [-0.05, 0) is 24.7 Å². The highest BCUT2D eigenvalue weighted by Crippen LogP contribution is 2.31. The third kappa shape index (κ3) is 3.86. The second-order valence-electron chi connectivity index (χ2n) is 6.01. The molecule has 0 radical (unpaired) electrons. The van der Waals surface area contributed by atoms with Gasteiger partial charge in [-0.2, -0.15) is 0 Å². The van der Waals surface area contributed by atoms with Gasteiger partial charge in [-0.25, -0.2) is 4.79 Å². The van der Waals surface area contributed by atoms with Crippen molar-refractivity contribution < 1.29 is 24.2 Å². The first-order valence-corrected chi connectivity index (χ1v) is 7.25. The van der Waals surface area contributed by atoms with Crippen molar-refractivity contribution >= 4 is 18.0 Å². The molecule has 0 spiro atoms.